The molecule has 14 heavy (non-hydrogen) atoms. The summed E-state index contributed by atoms with van der Waals surface area (Å²) in [7, 11) is -2.06. The zero-order valence-corrected chi connectivity index (χ0v) is 10.2. The molecule has 0 aromatic heterocycles. The average molecular weight is 210 g/mol. The minimum absolute atomic E-state index is 0.984. The van der Waals surface area contributed by atoms with Gasteiger partial charge in [0.25, 0.3) is 0 Å². The van der Waals surface area contributed by atoms with Crippen LogP contribution in [0, 0.1) is 0 Å². The summed E-state index contributed by atoms with van der Waals surface area (Å²) in [5.74, 6) is 0. The summed E-state index contributed by atoms with van der Waals surface area (Å²) in [6, 6.07) is 8.22. The Morgan fingerprint density at radius 1 is 1.14 bits per heavy atom. The van der Waals surface area contributed by atoms with Crippen LogP contribution in [-0.4, -0.2) is 13.3 Å². The molecular formula is C12H19OP. The highest BCUT2D eigenvalue weighted by Crippen LogP contribution is 2.34. The summed E-state index contributed by atoms with van der Waals surface area (Å²) in [6.07, 6.45) is 3.59. The topological polar surface area (TPSA) is 17.1 Å². The predicted octanol–water partition coefficient (Wildman–Crippen LogP) is 3.28. The molecule has 2 heteroatoms. The normalized spacial score (nSPS) is 11.6. The van der Waals surface area contributed by atoms with Gasteiger partial charge in [-0.05, 0) is 31.7 Å². The fourth-order valence-corrected chi connectivity index (χ4v) is 2.27. The van der Waals surface area contributed by atoms with E-state index in [9.17, 15) is 4.57 Å². The molecule has 0 N–H and O–H groups in total. The van der Waals surface area contributed by atoms with E-state index in [0.29, 0.717) is 0 Å². The second-order valence-corrected chi connectivity index (χ2v) is 7.34. The number of hydrogen-bond acceptors (Lipinski definition) is 1. The third-order valence-electron chi connectivity index (χ3n) is 2.38. The molecule has 78 valence electrons. The van der Waals surface area contributed by atoms with Crippen LogP contribution in [0.3, 0.4) is 0 Å². The van der Waals surface area contributed by atoms with Crippen LogP contribution in [0.2, 0.25) is 0 Å². The number of benzene rings is 1. The third-order valence-corrected chi connectivity index (χ3v) is 3.92. The van der Waals surface area contributed by atoms with E-state index in [1.807, 2.05) is 25.5 Å². The maximum absolute atomic E-state index is 11.7. The molecule has 0 radical (unpaired) electrons. The van der Waals surface area contributed by atoms with Gasteiger partial charge in [0.2, 0.25) is 0 Å². The van der Waals surface area contributed by atoms with Crippen LogP contribution in [0.4, 0.5) is 0 Å². The van der Waals surface area contributed by atoms with Crippen LogP contribution < -0.4 is 5.30 Å². The molecule has 0 heterocycles. The second-order valence-electron chi connectivity index (χ2n) is 4.12. The molecule has 0 aliphatic heterocycles. The number of hydrogen-bond donors (Lipinski definition) is 0. The van der Waals surface area contributed by atoms with Crippen LogP contribution in [-0.2, 0) is 11.0 Å². The zero-order valence-electron chi connectivity index (χ0n) is 9.29. The van der Waals surface area contributed by atoms with Gasteiger partial charge >= 0.3 is 0 Å². The first kappa shape index (κ1) is 11.5. The summed E-state index contributed by atoms with van der Waals surface area (Å²) < 4.78 is 11.7. The molecule has 0 amide bonds. The van der Waals surface area contributed by atoms with Crippen molar-refractivity contribution in [3.8, 4) is 0 Å². The number of unbranched alkanes of at least 4 members (excludes halogenated alkanes) is 1. The molecule has 0 atom stereocenters. The molecule has 0 saturated heterocycles. The van der Waals surface area contributed by atoms with Gasteiger partial charge in [-0.3, -0.25) is 0 Å². The van der Waals surface area contributed by atoms with Gasteiger partial charge in [0.1, 0.15) is 7.14 Å². The van der Waals surface area contributed by atoms with Gasteiger partial charge in [0, 0.05) is 5.30 Å². The highest BCUT2D eigenvalue weighted by molar-refractivity contribution is 7.70. The quantitative estimate of drug-likeness (QED) is 0.697. The molecule has 0 bridgehead atoms. The van der Waals surface area contributed by atoms with E-state index in [1.54, 1.807) is 0 Å². The fraction of sp³-hybridized carbons (Fsp3) is 0.500. The summed E-state index contributed by atoms with van der Waals surface area (Å²) in [5, 5.41) is 0.984. The van der Waals surface area contributed by atoms with Gasteiger partial charge in [-0.25, -0.2) is 0 Å². The van der Waals surface area contributed by atoms with Gasteiger partial charge in [0.05, 0.1) is 0 Å². The molecule has 1 nitrogen and oxygen atoms in total. The Bertz CT molecular complexity index is 321. The number of aryl methyl sites for hydroxylation is 1. The van der Waals surface area contributed by atoms with Crippen molar-refractivity contribution in [2.75, 3.05) is 13.3 Å². The Morgan fingerprint density at radius 2 is 1.71 bits per heavy atom. The Labute approximate surface area is 86.9 Å². The first-order valence-corrected chi connectivity index (χ1v) is 7.78. The molecule has 0 saturated carbocycles. The van der Waals surface area contributed by atoms with Crippen molar-refractivity contribution in [2.45, 2.75) is 26.2 Å². The van der Waals surface area contributed by atoms with Crippen LogP contribution in [0.15, 0.2) is 24.3 Å². The predicted molar refractivity (Wildman–Crippen MR) is 64.1 cm³/mol. The average Bonchev–Trinajstić information content (AvgIpc) is 2.14. The van der Waals surface area contributed by atoms with Gasteiger partial charge in [-0.2, -0.15) is 0 Å². The molecule has 1 aromatic rings. The smallest absolute Gasteiger partial charge is 0.109 e. The first-order valence-electron chi connectivity index (χ1n) is 5.18. The van der Waals surface area contributed by atoms with Crippen LogP contribution >= 0.6 is 7.14 Å². The summed E-state index contributed by atoms with van der Waals surface area (Å²) in [4.78, 5) is 0. The van der Waals surface area contributed by atoms with Crippen molar-refractivity contribution in [3.05, 3.63) is 29.8 Å². The Hall–Kier alpha value is -0.550. The van der Waals surface area contributed by atoms with E-state index in [0.717, 1.165) is 11.7 Å². The lowest BCUT2D eigenvalue weighted by Gasteiger charge is -2.07. The molecule has 0 fully saturated rings. The second kappa shape index (κ2) is 4.79. The van der Waals surface area contributed by atoms with Crippen molar-refractivity contribution < 1.29 is 4.57 Å². The van der Waals surface area contributed by atoms with E-state index < -0.39 is 7.14 Å². The zero-order chi connectivity index (χ0) is 10.6. The van der Waals surface area contributed by atoms with E-state index in [4.69, 9.17) is 0 Å². The Balaban J connectivity index is 2.74. The highest BCUT2D eigenvalue weighted by atomic mass is 31.2. The van der Waals surface area contributed by atoms with Gasteiger partial charge in [0.15, 0.2) is 0 Å². The summed E-state index contributed by atoms with van der Waals surface area (Å²) in [5.41, 5.74) is 1.35. The van der Waals surface area contributed by atoms with Crippen LogP contribution in [0.5, 0.6) is 0 Å². The lowest BCUT2D eigenvalue weighted by molar-refractivity contribution is 0.588. The molecule has 0 aliphatic rings. The standard InChI is InChI=1S/C12H19OP/c1-4-5-6-11-7-9-12(10-8-11)14(2,3)13/h7-10H,4-6H2,1-3H3. The third kappa shape index (κ3) is 3.31. The lowest BCUT2D eigenvalue weighted by atomic mass is 10.1. The summed E-state index contributed by atoms with van der Waals surface area (Å²) >= 11 is 0. The molecule has 0 spiro atoms. The van der Waals surface area contributed by atoms with Crippen molar-refractivity contribution in [3.63, 3.8) is 0 Å². The maximum atomic E-state index is 11.7. The summed E-state index contributed by atoms with van der Waals surface area (Å²) in [6.45, 7) is 5.82. The van der Waals surface area contributed by atoms with E-state index in [-0.39, 0.29) is 0 Å². The largest absolute Gasteiger partial charge is 0.319 e. The van der Waals surface area contributed by atoms with Gasteiger partial charge < -0.3 is 4.57 Å². The Kier molecular flexibility index (Phi) is 3.95. The molecule has 0 unspecified atom stereocenters. The van der Waals surface area contributed by atoms with E-state index in [2.05, 4.69) is 19.1 Å². The van der Waals surface area contributed by atoms with Gasteiger partial charge in [-0.15, -0.1) is 0 Å². The molecule has 1 rings (SSSR count). The van der Waals surface area contributed by atoms with Crippen molar-refractivity contribution in [2.24, 2.45) is 0 Å². The Morgan fingerprint density at radius 3 is 2.14 bits per heavy atom. The van der Waals surface area contributed by atoms with Crippen LogP contribution in [0.25, 0.3) is 0 Å². The van der Waals surface area contributed by atoms with Crippen molar-refractivity contribution in [1.82, 2.24) is 0 Å². The van der Waals surface area contributed by atoms with Crippen molar-refractivity contribution >= 4 is 12.4 Å². The SMILES string of the molecule is CCCCc1ccc(P(C)(C)=O)cc1. The maximum Gasteiger partial charge on any atom is 0.109 e. The van der Waals surface area contributed by atoms with Crippen molar-refractivity contribution in [1.29, 1.82) is 0 Å². The lowest BCUT2D eigenvalue weighted by Crippen LogP contribution is -2.02. The van der Waals surface area contributed by atoms with Gasteiger partial charge in [-0.1, -0.05) is 37.6 Å². The molecule has 1 aromatic carbocycles. The van der Waals surface area contributed by atoms with E-state index >= 15 is 0 Å². The van der Waals surface area contributed by atoms with E-state index in [1.165, 1.54) is 18.4 Å². The molecular weight excluding hydrogens is 191 g/mol. The van der Waals surface area contributed by atoms with Crippen LogP contribution in [0.1, 0.15) is 25.3 Å². The fourth-order valence-electron chi connectivity index (χ4n) is 1.40. The minimum Gasteiger partial charge on any atom is -0.319 e. The monoisotopic (exact) mass is 210 g/mol. The number of rotatable bonds is 4. The highest BCUT2D eigenvalue weighted by Gasteiger charge is 2.09. The first-order chi connectivity index (χ1) is 6.54. The molecule has 0 aliphatic carbocycles. The minimum atomic E-state index is -2.06.